The summed E-state index contributed by atoms with van der Waals surface area (Å²) in [6.07, 6.45) is 0. The second-order valence-corrected chi connectivity index (χ2v) is 6.54. The molecule has 0 bridgehead atoms. The van der Waals surface area contributed by atoms with Crippen LogP contribution in [0.2, 0.25) is 0 Å². The quantitative estimate of drug-likeness (QED) is 0.649. The summed E-state index contributed by atoms with van der Waals surface area (Å²) >= 11 is 0. The minimum absolute atomic E-state index is 0.0793. The Hall–Kier alpha value is -3.60. The molecule has 28 heavy (non-hydrogen) atoms. The first-order valence-electron chi connectivity index (χ1n) is 8.75. The van der Waals surface area contributed by atoms with Crippen molar-refractivity contribution in [2.45, 2.75) is 0 Å². The number of carbonyl (C=O) groups is 2. The van der Waals surface area contributed by atoms with Gasteiger partial charge in [0.1, 0.15) is 5.75 Å². The van der Waals surface area contributed by atoms with Crippen LogP contribution in [0.1, 0.15) is 26.3 Å². The SMILES string of the molecule is COc1ccc(-c2c(C(=O)O)cc(N(C)C)cc2C(=O)c2ccccc2)cc1. The zero-order valence-corrected chi connectivity index (χ0v) is 16.0. The van der Waals surface area contributed by atoms with Crippen molar-refractivity contribution in [1.82, 2.24) is 0 Å². The Morgan fingerprint density at radius 2 is 1.50 bits per heavy atom. The molecular weight excluding hydrogens is 354 g/mol. The first-order valence-corrected chi connectivity index (χ1v) is 8.75. The van der Waals surface area contributed by atoms with Gasteiger partial charge in [0.15, 0.2) is 5.78 Å². The summed E-state index contributed by atoms with van der Waals surface area (Å²) in [7, 11) is 5.18. The third-order valence-electron chi connectivity index (χ3n) is 4.53. The van der Waals surface area contributed by atoms with Gasteiger partial charge in [-0.2, -0.15) is 0 Å². The summed E-state index contributed by atoms with van der Waals surface area (Å²) in [5.74, 6) is -0.657. The van der Waals surface area contributed by atoms with Crippen molar-refractivity contribution < 1.29 is 19.4 Å². The van der Waals surface area contributed by atoms with E-state index in [2.05, 4.69) is 0 Å². The van der Waals surface area contributed by atoms with E-state index in [9.17, 15) is 14.7 Å². The summed E-state index contributed by atoms with van der Waals surface area (Å²) in [6.45, 7) is 0. The molecule has 0 unspecified atom stereocenters. The van der Waals surface area contributed by atoms with E-state index >= 15 is 0 Å². The van der Waals surface area contributed by atoms with Crippen molar-refractivity contribution >= 4 is 17.4 Å². The van der Waals surface area contributed by atoms with E-state index in [1.54, 1.807) is 72.7 Å². The first-order chi connectivity index (χ1) is 13.4. The van der Waals surface area contributed by atoms with Crippen LogP contribution >= 0.6 is 0 Å². The van der Waals surface area contributed by atoms with Crippen molar-refractivity contribution in [2.75, 3.05) is 26.1 Å². The van der Waals surface area contributed by atoms with Crippen LogP contribution in [0.15, 0.2) is 66.7 Å². The predicted molar refractivity (Wildman–Crippen MR) is 110 cm³/mol. The summed E-state index contributed by atoms with van der Waals surface area (Å²) in [5, 5.41) is 9.86. The van der Waals surface area contributed by atoms with E-state index in [0.29, 0.717) is 33.7 Å². The van der Waals surface area contributed by atoms with Gasteiger partial charge in [-0.15, -0.1) is 0 Å². The minimum atomic E-state index is -1.09. The number of benzene rings is 3. The average Bonchev–Trinajstić information content (AvgIpc) is 2.72. The van der Waals surface area contributed by atoms with Gasteiger partial charge in [-0.05, 0) is 29.8 Å². The Kier molecular flexibility index (Phi) is 5.45. The zero-order chi connectivity index (χ0) is 20.3. The second-order valence-electron chi connectivity index (χ2n) is 6.54. The van der Waals surface area contributed by atoms with Crippen LogP contribution in [0.3, 0.4) is 0 Å². The summed E-state index contributed by atoms with van der Waals surface area (Å²) in [4.78, 5) is 27.1. The van der Waals surface area contributed by atoms with Crippen molar-refractivity contribution in [3.63, 3.8) is 0 Å². The predicted octanol–water partition coefficient (Wildman–Crippen LogP) is 4.36. The van der Waals surface area contributed by atoms with Crippen LogP contribution < -0.4 is 9.64 Å². The maximum Gasteiger partial charge on any atom is 0.336 e. The van der Waals surface area contributed by atoms with Gasteiger partial charge in [0.25, 0.3) is 0 Å². The molecule has 0 saturated carbocycles. The Morgan fingerprint density at radius 3 is 2.04 bits per heavy atom. The fourth-order valence-corrected chi connectivity index (χ4v) is 3.05. The molecule has 0 saturated heterocycles. The first kappa shape index (κ1) is 19.2. The molecule has 0 amide bonds. The van der Waals surface area contributed by atoms with Gasteiger partial charge in [-0.25, -0.2) is 4.79 Å². The smallest absolute Gasteiger partial charge is 0.336 e. The highest BCUT2D eigenvalue weighted by Gasteiger charge is 2.23. The number of carboxylic acid groups (broad SMARTS) is 1. The fraction of sp³-hybridized carbons (Fsp3) is 0.130. The van der Waals surface area contributed by atoms with Crippen molar-refractivity contribution in [3.8, 4) is 16.9 Å². The third-order valence-corrected chi connectivity index (χ3v) is 4.53. The lowest BCUT2D eigenvalue weighted by atomic mass is 9.89. The third kappa shape index (κ3) is 3.74. The van der Waals surface area contributed by atoms with E-state index in [0.717, 1.165) is 0 Å². The van der Waals surface area contributed by atoms with Crippen LogP contribution in [0.25, 0.3) is 11.1 Å². The van der Waals surface area contributed by atoms with Gasteiger partial charge < -0.3 is 14.7 Å². The number of anilines is 1. The van der Waals surface area contributed by atoms with Crippen LogP contribution in [-0.4, -0.2) is 38.1 Å². The molecular formula is C23H21NO4. The van der Waals surface area contributed by atoms with Crippen LogP contribution in [0, 0.1) is 0 Å². The largest absolute Gasteiger partial charge is 0.497 e. The minimum Gasteiger partial charge on any atom is -0.497 e. The van der Waals surface area contributed by atoms with Gasteiger partial charge in [0.2, 0.25) is 0 Å². The number of methoxy groups -OCH3 is 1. The molecule has 0 atom stereocenters. The zero-order valence-electron chi connectivity index (χ0n) is 16.0. The number of hydrogen-bond donors (Lipinski definition) is 1. The van der Waals surface area contributed by atoms with E-state index in [4.69, 9.17) is 4.74 Å². The van der Waals surface area contributed by atoms with E-state index in [1.165, 1.54) is 0 Å². The van der Waals surface area contributed by atoms with Crippen LogP contribution in [-0.2, 0) is 0 Å². The van der Waals surface area contributed by atoms with Gasteiger partial charge in [-0.3, -0.25) is 4.79 Å². The topological polar surface area (TPSA) is 66.8 Å². The van der Waals surface area contributed by atoms with E-state index in [-0.39, 0.29) is 11.3 Å². The number of rotatable bonds is 6. The molecule has 3 aromatic carbocycles. The Morgan fingerprint density at radius 1 is 0.893 bits per heavy atom. The average molecular weight is 375 g/mol. The molecule has 5 nitrogen and oxygen atoms in total. The highest BCUT2D eigenvalue weighted by Crippen LogP contribution is 2.34. The number of nitrogens with zero attached hydrogens (tertiary/aromatic N) is 1. The van der Waals surface area contributed by atoms with Gasteiger partial charge in [0, 0.05) is 36.5 Å². The summed E-state index contributed by atoms with van der Waals surface area (Å²) < 4.78 is 5.19. The normalized spacial score (nSPS) is 10.4. The Balaban J connectivity index is 2.30. The maximum absolute atomic E-state index is 13.3. The van der Waals surface area contributed by atoms with Gasteiger partial charge >= 0.3 is 5.97 Å². The lowest BCUT2D eigenvalue weighted by Gasteiger charge is -2.19. The highest BCUT2D eigenvalue weighted by molar-refractivity contribution is 6.16. The summed E-state index contributed by atoms with van der Waals surface area (Å²) in [5.41, 5.74) is 2.62. The molecule has 0 aliphatic carbocycles. The number of hydrogen-bond acceptors (Lipinski definition) is 4. The maximum atomic E-state index is 13.3. The molecule has 0 heterocycles. The van der Waals surface area contributed by atoms with Crippen LogP contribution in [0.5, 0.6) is 5.75 Å². The molecule has 0 spiro atoms. The molecule has 0 fully saturated rings. The fourth-order valence-electron chi connectivity index (χ4n) is 3.05. The number of ether oxygens (including phenoxy) is 1. The Bertz CT molecular complexity index is 1010. The molecule has 5 heteroatoms. The van der Waals surface area contributed by atoms with E-state index in [1.807, 2.05) is 20.2 Å². The standard InChI is InChI=1S/C23H21NO4/c1-24(2)17-13-19(22(25)16-7-5-4-6-8-16)21(20(14-17)23(26)27)15-9-11-18(28-3)12-10-15/h4-14H,1-3H3,(H,26,27). The summed E-state index contributed by atoms with van der Waals surface area (Å²) in [6, 6.07) is 19.2. The second kappa shape index (κ2) is 7.96. The molecule has 142 valence electrons. The van der Waals surface area contributed by atoms with Gasteiger partial charge in [0.05, 0.1) is 12.7 Å². The number of carboxylic acids is 1. The highest BCUT2D eigenvalue weighted by atomic mass is 16.5. The molecule has 3 aromatic rings. The molecule has 0 aliphatic rings. The molecule has 1 N–H and O–H groups in total. The van der Waals surface area contributed by atoms with Crippen molar-refractivity contribution in [3.05, 3.63) is 83.4 Å². The number of ketones is 1. The molecule has 0 aliphatic heterocycles. The van der Waals surface area contributed by atoms with Gasteiger partial charge in [-0.1, -0.05) is 42.5 Å². The Labute approximate surface area is 163 Å². The molecule has 3 rings (SSSR count). The monoisotopic (exact) mass is 375 g/mol. The van der Waals surface area contributed by atoms with E-state index < -0.39 is 5.97 Å². The number of aromatic carboxylic acids is 1. The molecule has 0 aromatic heterocycles. The van der Waals surface area contributed by atoms with Crippen LogP contribution in [0.4, 0.5) is 5.69 Å². The lowest BCUT2D eigenvalue weighted by Crippen LogP contribution is -2.14. The number of carbonyl (C=O) groups excluding carboxylic acids is 1. The lowest BCUT2D eigenvalue weighted by molar-refractivity contribution is 0.0697. The van der Waals surface area contributed by atoms with Crippen molar-refractivity contribution in [2.24, 2.45) is 0 Å². The molecule has 0 radical (unpaired) electrons. The van der Waals surface area contributed by atoms with Crippen molar-refractivity contribution in [1.29, 1.82) is 0 Å².